The number of carboxylic acids is 1. The zero-order valence-corrected chi connectivity index (χ0v) is 12.7. The maximum absolute atomic E-state index is 12.2. The number of anilines is 1. The third-order valence-electron chi connectivity index (χ3n) is 3.12. The van der Waals surface area contributed by atoms with Crippen LogP contribution in [0.1, 0.15) is 15.2 Å². The SMILES string of the molecule is O=C(O)C=Cc1cc2c(NC(=O)c3ccccc3)nccc2s1. The zero-order valence-electron chi connectivity index (χ0n) is 11.9. The molecule has 6 heteroatoms. The van der Waals surface area contributed by atoms with Crippen LogP contribution in [0.15, 0.2) is 54.7 Å². The van der Waals surface area contributed by atoms with Crippen LogP contribution in [0.3, 0.4) is 0 Å². The monoisotopic (exact) mass is 324 g/mol. The first kappa shape index (κ1) is 14.9. The summed E-state index contributed by atoms with van der Waals surface area (Å²) < 4.78 is 0.924. The van der Waals surface area contributed by atoms with Crippen molar-refractivity contribution in [3.05, 3.63) is 65.2 Å². The summed E-state index contributed by atoms with van der Waals surface area (Å²) in [5, 5.41) is 12.3. The fourth-order valence-electron chi connectivity index (χ4n) is 2.09. The van der Waals surface area contributed by atoms with Gasteiger partial charge in [0.15, 0.2) is 0 Å². The number of pyridine rings is 1. The van der Waals surface area contributed by atoms with Gasteiger partial charge in [0.05, 0.1) is 0 Å². The van der Waals surface area contributed by atoms with Crippen LogP contribution in [0.4, 0.5) is 5.82 Å². The number of fused-ring (bicyclic) bond motifs is 1. The summed E-state index contributed by atoms with van der Waals surface area (Å²) in [5.74, 6) is -0.778. The molecule has 1 aromatic carbocycles. The van der Waals surface area contributed by atoms with Gasteiger partial charge in [-0.25, -0.2) is 9.78 Å². The number of amides is 1. The van der Waals surface area contributed by atoms with Crippen molar-refractivity contribution in [3.63, 3.8) is 0 Å². The Hall–Kier alpha value is -2.99. The third kappa shape index (κ3) is 3.44. The van der Waals surface area contributed by atoms with Gasteiger partial charge >= 0.3 is 5.97 Å². The second kappa shape index (κ2) is 6.41. The summed E-state index contributed by atoms with van der Waals surface area (Å²) in [5.41, 5.74) is 0.549. The standard InChI is InChI=1S/C17H12N2O3S/c20-15(21)7-6-12-10-13-14(23-12)8-9-18-16(13)19-17(22)11-4-2-1-3-5-11/h1-10H,(H,20,21)(H,18,19,22). The molecule has 114 valence electrons. The summed E-state index contributed by atoms with van der Waals surface area (Å²) in [6.45, 7) is 0. The molecule has 3 rings (SSSR count). The number of hydrogen-bond donors (Lipinski definition) is 2. The molecule has 23 heavy (non-hydrogen) atoms. The van der Waals surface area contributed by atoms with Crippen molar-refractivity contribution < 1.29 is 14.7 Å². The van der Waals surface area contributed by atoms with E-state index >= 15 is 0 Å². The molecule has 2 heterocycles. The number of nitrogens with zero attached hydrogens (tertiary/aromatic N) is 1. The minimum absolute atomic E-state index is 0.237. The van der Waals surface area contributed by atoms with E-state index in [1.54, 1.807) is 30.5 Å². The number of aliphatic carboxylic acids is 1. The van der Waals surface area contributed by atoms with Crippen molar-refractivity contribution in [2.24, 2.45) is 0 Å². The van der Waals surface area contributed by atoms with E-state index in [1.165, 1.54) is 17.4 Å². The fraction of sp³-hybridized carbons (Fsp3) is 0. The molecule has 0 aliphatic rings. The van der Waals surface area contributed by atoms with E-state index in [0.717, 1.165) is 21.0 Å². The lowest BCUT2D eigenvalue weighted by atomic mass is 10.2. The number of nitrogens with one attached hydrogen (secondary N) is 1. The quantitative estimate of drug-likeness (QED) is 0.718. The molecule has 0 saturated heterocycles. The van der Waals surface area contributed by atoms with Gasteiger partial charge in [-0.1, -0.05) is 18.2 Å². The van der Waals surface area contributed by atoms with Gasteiger partial charge in [0.25, 0.3) is 5.91 Å². The van der Waals surface area contributed by atoms with Gasteiger partial charge in [0.1, 0.15) is 5.82 Å². The van der Waals surface area contributed by atoms with Crippen molar-refractivity contribution in [1.29, 1.82) is 0 Å². The summed E-state index contributed by atoms with van der Waals surface area (Å²) in [4.78, 5) is 27.8. The molecule has 0 radical (unpaired) electrons. The normalized spacial score (nSPS) is 11.0. The van der Waals surface area contributed by atoms with Crippen LogP contribution in [-0.2, 0) is 4.79 Å². The predicted octanol–water partition coefficient (Wildman–Crippen LogP) is 3.65. The molecule has 0 bridgehead atoms. The number of aromatic nitrogens is 1. The second-order valence-corrected chi connectivity index (χ2v) is 5.83. The van der Waals surface area contributed by atoms with E-state index in [1.807, 2.05) is 18.2 Å². The Bertz CT molecular complexity index is 901. The Morgan fingerprint density at radius 2 is 1.96 bits per heavy atom. The van der Waals surface area contributed by atoms with Crippen molar-refractivity contribution in [2.45, 2.75) is 0 Å². The van der Waals surface area contributed by atoms with Crippen molar-refractivity contribution >= 4 is 45.2 Å². The Labute approximate surface area is 135 Å². The van der Waals surface area contributed by atoms with E-state index in [-0.39, 0.29) is 5.91 Å². The summed E-state index contributed by atoms with van der Waals surface area (Å²) in [7, 11) is 0. The molecule has 5 nitrogen and oxygen atoms in total. The van der Waals surface area contributed by atoms with Crippen molar-refractivity contribution in [2.75, 3.05) is 5.32 Å². The number of thiophene rings is 1. The molecule has 2 aromatic heterocycles. The highest BCUT2D eigenvalue weighted by molar-refractivity contribution is 7.19. The average Bonchev–Trinajstić information content (AvgIpc) is 2.98. The Kier molecular flexibility index (Phi) is 4.16. The molecule has 2 N–H and O–H groups in total. The number of carboxylic acid groups (broad SMARTS) is 1. The highest BCUT2D eigenvalue weighted by atomic mass is 32.1. The molecule has 1 amide bonds. The molecular weight excluding hydrogens is 312 g/mol. The van der Waals surface area contributed by atoms with E-state index in [2.05, 4.69) is 10.3 Å². The van der Waals surface area contributed by atoms with Gasteiger partial charge in [-0.15, -0.1) is 11.3 Å². The molecule has 0 atom stereocenters. The molecule has 0 aliphatic heterocycles. The number of carbonyl (C=O) groups excluding carboxylic acids is 1. The lowest BCUT2D eigenvalue weighted by Crippen LogP contribution is -2.12. The van der Waals surface area contributed by atoms with Gasteiger partial charge in [-0.3, -0.25) is 4.79 Å². The van der Waals surface area contributed by atoms with E-state index in [0.29, 0.717) is 11.4 Å². The molecule has 3 aromatic rings. The van der Waals surface area contributed by atoms with Gasteiger partial charge in [0, 0.05) is 32.8 Å². The first-order valence-electron chi connectivity index (χ1n) is 6.79. The molecule has 0 spiro atoms. The largest absolute Gasteiger partial charge is 0.478 e. The first-order valence-corrected chi connectivity index (χ1v) is 7.61. The smallest absolute Gasteiger partial charge is 0.328 e. The number of carbonyl (C=O) groups is 2. The summed E-state index contributed by atoms with van der Waals surface area (Å²) in [6.07, 6.45) is 4.22. The second-order valence-electron chi connectivity index (χ2n) is 4.71. The van der Waals surface area contributed by atoms with Gasteiger partial charge in [0.2, 0.25) is 0 Å². The van der Waals surface area contributed by atoms with E-state index in [9.17, 15) is 9.59 Å². The topological polar surface area (TPSA) is 79.3 Å². The van der Waals surface area contributed by atoms with Crippen molar-refractivity contribution in [3.8, 4) is 0 Å². The molecule has 0 unspecified atom stereocenters. The Morgan fingerprint density at radius 1 is 1.17 bits per heavy atom. The lowest BCUT2D eigenvalue weighted by Gasteiger charge is -2.05. The fourth-order valence-corrected chi connectivity index (χ4v) is 3.05. The lowest BCUT2D eigenvalue weighted by molar-refractivity contribution is -0.131. The minimum atomic E-state index is -1.00. The maximum Gasteiger partial charge on any atom is 0.328 e. The molecular formula is C17H12N2O3S. The maximum atomic E-state index is 12.2. The summed E-state index contributed by atoms with van der Waals surface area (Å²) in [6, 6.07) is 12.5. The molecule has 0 saturated carbocycles. The van der Waals surface area contributed by atoms with E-state index in [4.69, 9.17) is 5.11 Å². The molecule has 0 fully saturated rings. The number of rotatable bonds is 4. The molecule has 0 aliphatic carbocycles. The number of hydrogen-bond acceptors (Lipinski definition) is 4. The van der Waals surface area contributed by atoms with Crippen LogP contribution in [0.2, 0.25) is 0 Å². The number of benzene rings is 1. The van der Waals surface area contributed by atoms with E-state index < -0.39 is 5.97 Å². The first-order chi connectivity index (χ1) is 11.1. The zero-order chi connectivity index (χ0) is 16.2. The van der Waals surface area contributed by atoms with Crippen LogP contribution in [0.25, 0.3) is 16.2 Å². The van der Waals surface area contributed by atoms with Crippen LogP contribution in [0, 0.1) is 0 Å². The van der Waals surface area contributed by atoms with Gasteiger partial charge in [-0.05, 0) is 30.3 Å². The van der Waals surface area contributed by atoms with Crippen LogP contribution < -0.4 is 5.32 Å². The third-order valence-corrected chi connectivity index (χ3v) is 4.19. The van der Waals surface area contributed by atoms with Crippen LogP contribution in [-0.4, -0.2) is 22.0 Å². The minimum Gasteiger partial charge on any atom is -0.478 e. The highest BCUT2D eigenvalue weighted by Gasteiger charge is 2.11. The van der Waals surface area contributed by atoms with Crippen molar-refractivity contribution in [1.82, 2.24) is 4.98 Å². The average molecular weight is 324 g/mol. The Morgan fingerprint density at radius 3 is 2.70 bits per heavy atom. The Balaban J connectivity index is 1.92. The van der Waals surface area contributed by atoms with Gasteiger partial charge < -0.3 is 10.4 Å². The predicted molar refractivity (Wildman–Crippen MR) is 90.7 cm³/mol. The van der Waals surface area contributed by atoms with Gasteiger partial charge in [-0.2, -0.15) is 0 Å². The summed E-state index contributed by atoms with van der Waals surface area (Å²) >= 11 is 1.43. The highest BCUT2D eigenvalue weighted by Crippen LogP contribution is 2.30. The van der Waals surface area contributed by atoms with Crippen LogP contribution >= 0.6 is 11.3 Å². The van der Waals surface area contributed by atoms with Crippen LogP contribution in [0.5, 0.6) is 0 Å².